The lowest BCUT2D eigenvalue weighted by Crippen LogP contribution is -2.32. The molecule has 0 N–H and O–H groups in total. The highest BCUT2D eigenvalue weighted by Gasteiger charge is 2.21. The van der Waals surface area contributed by atoms with Crippen molar-refractivity contribution in [2.75, 3.05) is 0 Å². The van der Waals surface area contributed by atoms with Crippen LogP contribution >= 0.6 is 0 Å². The van der Waals surface area contributed by atoms with Crippen LogP contribution in [0.25, 0.3) is 33.3 Å². The predicted octanol–water partition coefficient (Wildman–Crippen LogP) is 5.09. The van der Waals surface area contributed by atoms with Crippen LogP contribution < -0.4 is 4.57 Å². The summed E-state index contributed by atoms with van der Waals surface area (Å²) in [5, 5.41) is 1.15. The van der Waals surface area contributed by atoms with Gasteiger partial charge < -0.3 is 4.57 Å². The van der Waals surface area contributed by atoms with E-state index in [2.05, 4.69) is 36.7 Å². The van der Waals surface area contributed by atoms with E-state index in [4.69, 9.17) is 0 Å². The molecule has 0 atom stereocenters. The summed E-state index contributed by atoms with van der Waals surface area (Å²) < 4.78 is 19.2. The van der Waals surface area contributed by atoms with E-state index in [-0.39, 0.29) is 5.82 Å². The van der Waals surface area contributed by atoms with Gasteiger partial charge in [-0.05, 0) is 49.2 Å². The summed E-state index contributed by atoms with van der Waals surface area (Å²) in [6.45, 7) is 4.10. The highest BCUT2D eigenvalue weighted by atomic mass is 19.1. The second-order valence-corrected chi connectivity index (χ2v) is 6.93. The summed E-state index contributed by atoms with van der Waals surface area (Å²) in [5.74, 6) is -0.205. The van der Waals surface area contributed by atoms with Crippen LogP contribution in [0.15, 0.2) is 60.8 Å². The molecule has 0 bridgehead atoms. The monoisotopic (exact) mass is 345 g/mol. The molecule has 0 fully saturated rings. The number of nitrogens with zero attached hydrogens (tertiary/aromatic N) is 2. The largest absolute Gasteiger partial charge is 0.348 e. The Morgan fingerprint density at radius 1 is 0.923 bits per heavy atom. The van der Waals surface area contributed by atoms with Crippen molar-refractivity contribution in [3.8, 4) is 22.4 Å². The number of fused-ring (bicyclic) bond motifs is 1. The van der Waals surface area contributed by atoms with Gasteiger partial charge in [-0.3, -0.25) is 0 Å². The zero-order chi connectivity index (χ0) is 18.4. The summed E-state index contributed by atoms with van der Waals surface area (Å²) in [7, 11) is 3.97. The fourth-order valence-corrected chi connectivity index (χ4v) is 3.73. The van der Waals surface area contributed by atoms with Crippen molar-refractivity contribution in [2.45, 2.75) is 13.8 Å². The Bertz CT molecular complexity index is 1120. The average molecular weight is 345 g/mol. The van der Waals surface area contributed by atoms with Gasteiger partial charge in [-0.2, -0.15) is 8.96 Å². The molecule has 0 aliphatic rings. The number of aryl methyl sites for hydroxylation is 4. The van der Waals surface area contributed by atoms with Gasteiger partial charge in [-0.15, -0.1) is 0 Å². The van der Waals surface area contributed by atoms with Crippen molar-refractivity contribution in [3.63, 3.8) is 0 Å². The molecule has 0 radical (unpaired) electrons. The normalized spacial score (nSPS) is 11.3. The average Bonchev–Trinajstić information content (AvgIpc) is 2.90. The molecule has 130 valence electrons. The lowest BCUT2D eigenvalue weighted by atomic mass is 10.00. The second-order valence-electron chi connectivity index (χ2n) is 6.93. The Morgan fingerprint density at radius 2 is 1.65 bits per heavy atom. The smallest absolute Gasteiger partial charge is 0.248 e. The van der Waals surface area contributed by atoms with Gasteiger partial charge in [0, 0.05) is 29.2 Å². The third-order valence-corrected chi connectivity index (χ3v) is 5.23. The first-order valence-corrected chi connectivity index (χ1v) is 8.78. The van der Waals surface area contributed by atoms with E-state index in [1.807, 2.05) is 55.1 Å². The van der Waals surface area contributed by atoms with Crippen LogP contribution in [0, 0.1) is 19.7 Å². The Kier molecular flexibility index (Phi) is 3.87. The van der Waals surface area contributed by atoms with Crippen LogP contribution in [-0.4, -0.2) is 4.57 Å². The Labute approximate surface area is 153 Å². The zero-order valence-corrected chi connectivity index (χ0v) is 15.5. The molecular weight excluding hydrogens is 323 g/mol. The van der Waals surface area contributed by atoms with E-state index in [1.165, 1.54) is 5.69 Å². The standard InChI is InChI=1S/C23H22FN2/c1-15-8-5-6-9-18(15)23-21(24)13-17(14-25(23)3)19-10-7-11-22-20(19)12-16(2)26(22)4/h5-14H,1-4H3/q+1. The molecule has 0 aliphatic heterocycles. The third kappa shape index (κ3) is 2.51. The lowest BCUT2D eigenvalue weighted by molar-refractivity contribution is -0.661. The third-order valence-electron chi connectivity index (χ3n) is 5.23. The Hall–Kier alpha value is -2.94. The zero-order valence-electron chi connectivity index (χ0n) is 15.5. The fraction of sp³-hybridized carbons (Fsp3) is 0.174. The minimum atomic E-state index is -0.205. The molecule has 2 heterocycles. The van der Waals surface area contributed by atoms with Gasteiger partial charge in [0.1, 0.15) is 7.05 Å². The molecule has 2 nitrogen and oxygen atoms in total. The molecule has 0 saturated heterocycles. The SMILES string of the molecule is Cc1ccccc1-c1c(F)cc(-c2cccc3c2cc(C)n3C)c[n+]1C. The van der Waals surface area contributed by atoms with Crippen molar-refractivity contribution in [1.82, 2.24) is 4.57 Å². The second kappa shape index (κ2) is 6.10. The van der Waals surface area contributed by atoms with E-state index >= 15 is 4.39 Å². The molecule has 0 spiro atoms. The van der Waals surface area contributed by atoms with E-state index in [1.54, 1.807) is 6.07 Å². The number of hydrogen-bond acceptors (Lipinski definition) is 0. The highest BCUT2D eigenvalue weighted by molar-refractivity contribution is 5.96. The van der Waals surface area contributed by atoms with E-state index in [9.17, 15) is 0 Å². The topological polar surface area (TPSA) is 8.81 Å². The summed E-state index contributed by atoms with van der Waals surface area (Å²) in [5.41, 5.74) is 6.89. The first kappa shape index (κ1) is 16.5. The van der Waals surface area contributed by atoms with Gasteiger partial charge in [0.15, 0.2) is 12.0 Å². The molecule has 2 aromatic carbocycles. The van der Waals surface area contributed by atoms with Gasteiger partial charge >= 0.3 is 0 Å². The maximum absolute atomic E-state index is 15.1. The van der Waals surface area contributed by atoms with Crippen LogP contribution in [-0.2, 0) is 14.1 Å². The van der Waals surface area contributed by atoms with Crippen LogP contribution in [0.4, 0.5) is 4.39 Å². The van der Waals surface area contributed by atoms with Gasteiger partial charge in [-0.1, -0.05) is 30.3 Å². The fourth-order valence-electron chi connectivity index (χ4n) is 3.73. The van der Waals surface area contributed by atoms with E-state index < -0.39 is 0 Å². The summed E-state index contributed by atoms with van der Waals surface area (Å²) in [6, 6.07) is 17.9. The van der Waals surface area contributed by atoms with Gasteiger partial charge in [0.05, 0.1) is 5.56 Å². The molecule has 0 saturated carbocycles. The molecule has 0 aliphatic carbocycles. The molecule has 0 unspecified atom stereocenters. The number of rotatable bonds is 2. The van der Waals surface area contributed by atoms with Crippen molar-refractivity contribution in [3.05, 3.63) is 77.9 Å². The number of aromatic nitrogens is 2. The maximum atomic E-state index is 15.1. The van der Waals surface area contributed by atoms with E-state index in [0.29, 0.717) is 5.69 Å². The first-order chi connectivity index (χ1) is 12.5. The molecule has 4 rings (SSSR count). The van der Waals surface area contributed by atoms with Crippen molar-refractivity contribution < 1.29 is 8.96 Å². The molecule has 3 heteroatoms. The summed E-state index contributed by atoms with van der Waals surface area (Å²) in [4.78, 5) is 0. The summed E-state index contributed by atoms with van der Waals surface area (Å²) >= 11 is 0. The van der Waals surface area contributed by atoms with Crippen molar-refractivity contribution in [1.29, 1.82) is 0 Å². The minimum absolute atomic E-state index is 0.205. The quantitative estimate of drug-likeness (QED) is 0.447. The van der Waals surface area contributed by atoms with Crippen LogP contribution in [0.5, 0.6) is 0 Å². The van der Waals surface area contributed by atoms with Crippen LogP contribution in [0.1, 0.15) is 11.3 Å². The van der Waals surface area contributed by atoms with Gasteiger partial charge in [0.25, 0.3) is 0 Å². The molecule has 2 aromatic heterocycles. The molecule has 4 aromatic rings. The number of halogens is 1. The van der Waals surface area contributed by atoms with E-state index in [0.717, 1.165) is 33.2 Å². The predicted molar refractivity (Wildman–Crippen MR) is 104 cm³/mol. The summed E-state index contributed by atoms with van der Waals surface area (Å²) in [6.07, 6.45) is 2.02. The van der Waals surface area contributed by atoms with Crippen LogP contribution in [0.2, 0.25) is 0 Å². The minimum Gasteiger partial charge on any atom is -0.348 e. The maximum Gasteiger partial charge on any atom is 0.248 e. The van der Waals surface area contributed by atoms with Crippen molar-refractivity contribution in [2.24, 2.45) is 14.1 Å². The molecule has 0 amide bonds. The Balaban J connectivity index is 1.93. The number of benzene rings is 2. The van der Waals surface area contributed by atoms with Crippen molar-refractivity contribution >= 4 is 10.9 Å². The number of pyridine rings is 1. The van der Waals surface area contributed by atoms with Crippen LogP contribution in [0.3, 0.4) is 0 Å². The lowest BCUT2D eigenvalue weighted by Gasteiger charge is -2.09. The Morgan fingerprint density at radius 3 is 2.38 bits per heavy atom. The first-order valence-electron chi connectivity index (χ1n) is 8.78. The molecular formula is C23H22FN2+. The number of hydrogen-bond donors (Lipinski definition) is 0. The molecule has 26 heavy (non-hydrogen) atoms. The highest BCUT2D eigenvalue weighted by Crippen LogP contribution is 2.32. The van der Waals surface area contributed by atoms with Gasteiger partial charge in [0.2, 0.25) is 5.69 Å². The van der Waals surface area contributed by atoms with Gasteiger partial charge in [-0.25, -0.2) is 0 Å².